The molecule has 1 fully saturated rings. The zero-order chi connectivity index (χ0) is 31.5. The number of hydrogen-bond donors (Lipinski definition) is 2. The maximum Gasteiger partial charge on any atom is 0.295 e. The molecule has 3 heterocycles. The number of hydrogen-bond acceptors (Lipinski definition) is 6. The van der Waals surface area contributed by atoms with E-state index in [-0.39, 0.29) is 37.0 Å². The van der Waals surface area contributed by atoms with Crippen LogP contribution in [0.25, 0.3) is 22.2 Å². The number of methoxy groups -OCH3 is 1. The zero-order valence-corrected chi connectivity index (χ0v) is 25.0. The number of H-pyrrole nitrogens is 1. The molecule has 228 valence electrons. The van der Waals surface area contributed by atoms with Crippen molar-refractivity contribution in [1.29, 1.82) is 0 Å². The highest BCUT2D eigenvalue weighted by Crippen LogP contribution is 2.37. The highest BCUT2D eigenvalue weighted by molar-refractivity contribution is 6.45. The molecule has 5 aromatic rings. The van der Waals surface area contributed by atoms with E-state index in [1.807, 2.05) is 43.3 Å². The average Bonchev–Trinajstić information content (AvgIpc) is 3.75. The number of aryl methyl sites for hydroxylation is 1. The third-order valence-electron chi connectivity index (χ3n) is 7.99. The van der Waals surface area contributed by atoms with Crippen LogP contribution in [-0.2, 0) is 11.3 Å². The van der Waals surface area contributed by atoms with Gasteiger partial charge in [0.25, 0.3) is 23.5 Å². The van der Waals surface area contributed by atoms with Crippen LogP contribution in [0.4, 0.5) is 0 Å². The van der Waals surface area contributed by atoms with E-state index in [2.05, 4.69) is 10.3 Å². The quantitative estimate of drug-likeness (QED) is 0.193. The number of piperazine rings is 1. The summed E-state index contributed by atoms with van der Waals surface area (Å²) < 4.78 is 11.6. The van der Waals surface area contributed by atoms with Gasteiger partial charge in [-0.15, -0.1) is 0 Å². The number of ether oxygens (including phenoxy) is 1. The number of amides is 3. The number of aromatic amines is 1. The third-order valence-corrected chi connectivity index (χ3v) is 7.99. The minimum absolute atomic E-state index is 0.0994. The van der Waals surface area contributed by atoms with Gasteiger partial charge in [0.1, 0.15) is 17.3 Å². The molecule has 1 saturated heterocycles. The van der Waals surface area contributed by atoms with Crippen molar-refractivity contribution in [2.45, 2.75) is 13.5 Å². The lowest BCUT2D eigenvalue weighted by atomic mass is 10.0. The summed E-state index contributed by atoms with van der Waals surface area (Å²) in [4.78, 5) is 58.6. The van der Waals surface area contributed by atoms with Gasteiger partial charge < -0.3 is 29.3 Å². The van der Waals surface area contributed by atoms with E-state index in [0.717, 1.165) is 5.56 Å². The molecular weight excluding hydrogens is 572 g/mol. The number of nitrogens with zero attached hydrogens (tertiary/aromatic N) is 2. The third kappa shape index (κ3) is 5.95. The smallest absolute Gasteiger partial charge is 0.295 e. The number of nitrogens with one attached hydrogen (secondary N) is 2. The molecule has 0 spiro atoms. The van der Waals surface area contributed by atoms with Crippen LogP contribution in [0.15, 0.2) is 89.5 Å². The SMILES string of the molecule is COc1ccc(-c2ccc(CNC(=O)c3ccc(C)cc3)o2)c2[nH]cc(C(=O)C(=O)N3CCN(C(=O)c4ccccc4)CC3)c12. The van der Waals surface area contributed by atoms with E-state index in [1.165, 1.54) is 18.2 Å². The van der Waals surface area contributed by atoms with Crippen LogP contribution in [0.2, 0.25) is 0 Å². The summed E-state index contributed by atoms with van der Waals surface area (Å²) in [6.45, 7) is 3.33. The molecule has 10 heteroatoms. The second-order valence-corrected chi connectivity index (χ2v) is 10.9. The fourth-order valence-electron chi connectivity index (χ4n) is 5.50. The molecular formula is C35H32N4O6. The Bertz CT molecular complexity index is 1880. The maximum absolute atomic E-state index is 13.5. The Hall–Kier alpha value is -5.64. The van der Waals surface area contributed by atoms with Crippen molar-refractivity contribution in [1.82, 2.24) is 20.1 Å². The van der Waals surface area contributed by atoms with Gasteiger partial charge in [0.2, 0.25) is 0 Å². The number of carbonyl (C=O) groups excluding carboxylic acids is 4. The maximum atomic E-state index is 13.5. The molecule has 0 saturated carbocycles. The molecule has 2 aromatic heterocycles. The minimum atomic E-state index is -0.668. The molecule has 3 aromatic carbocycles. The van der Waals surface area contributed by atoms with Gasteiger partial charge in [-0.2, -0.15) is 0 Å². The van der Waals surface area contributed by atoms with Gasteiger partial charge in [-0.25, -0.2) is 0 Å². The Morgan fingerprint density at radius 2 is 1.56 bits per heavy atom. The summed E-state index contributed by atoms with van der Waals surface area (Å²) in [5.74, 6) is -0.107. The van der Waals surface area contributed by atoms with E-state index in [4.69, 9.17) is 9.15 Å². The largest absolute Gasteiger partial charge is 0.496 e. The van der Waals surface area contributed by atoms with E-state index >= 15 is 0 Å². The normalized spacial score (nSPS) is 13.1. The summed E-state index contributed by atoms with van der Waals surface area (Å²) >= 11 is 0. The molecule has 45 heavy (non-hydrogen) atoms. The van der Waals surface area contributed by atoms with Gasteiger partial charge >= 0.3 is 0 Å². The lowest BCUT2D eigenvalue weighted by Gasteiger charge is -2.34. The Kier molecular flexibility index (Phi) is 8.20. The molecule has 10 nitrogen and oxygen atoms in total. The number of benzene rings is 3. The number of ketones is 1. The van der Waals surface area contributed by atoms with Crippen molar-refractivity contribution in [3.05, 3.63) is 113 Å². The second-order valence-electron chi connectivity index (χ2n) is 10.9. The predicted octanol–water partition coefficient (Wildman–Crippen LogP) is 4.84. The Morgan fingerprint density at radius 3 is 2.27 bits per heavy atom. The van der Waals surface area contributed by atoms with Crippen molar-refractivity contribution in [2.24, 2.45) is 0 Å². The van der Waals surface area contributed by atoms with Crippen LogP contribution >= 0.6 is 0 Å². The average molecular weight is 605 g/mol. The zero-order valence-electron chi connectivity index (χ0n) is 25.0. The first-order chi connectivity index (χ1) is 21.8. The lowest BCUT2D eigenvalue weighted by Crippen LogP contribution is -2.52. The Labute approximate surface area is 259 Å². The number of carbonyl (C=O) groups is 4. The molecule has 0 aliphatic carbocycles. The van der Waals surface area contributed by atoms with Crippen molar-refractivity contribution in [3.8, 4) is 17.1 Å². The molecule has 0 radical (unpaired) electrons. The van der Waals surface area contributed by atoms with Crippen LogP contribution in [-0.4, -0.2) is 71.6 Å². The molecule has 3 amide bonds. The predicted molar refractivity (Wildman–Crippen MR) is 168 cm³/mol. The van der Waals surface area contributed by atoms with Gasteiger partial charge in [-0.3, -0.25) is 19.2 Å². The fourth-order valence-corrected chi connectivity index (χ4v) is 5.50. The first-order valence-electron chi connectivity index (χ1n) is 14.6. The van der Waals surface area contributed by atoms with E-state index < -0.39 is 11.7 Å². The molecule has 0 unspecified atom stereocenters. The van der Waals surface area contributed by atoms with Crippen LogP contribution in [0, 0.1) is 6.92 Å². The summed E-state index contributed by atoms with van der Waals surface area (Å²) in [5, 5.41) is 3.34. The van der Waals surface area contributed by atoms with Crippen molar-refractivity contribution in [3.63, 3.8) is 0 Å². The first-order valence-corrected chi connectivity index (χ1v) is 14.6. The second kappa shape index (κ2) is 12.5. The topological polar surface area (TPSA) is 125 Å². The number of fused-ring (bicyclic) bond motifs is 1. The molecule has 0 bridgehead atoms. The molecule has 0 atom stereocenters. The van der Waals surface area contributed by atoms with Gasteiger partial charge in [0.05, 0.1) is 30.1 Å². The Morgan fingerprint density at radius 1 is 0.844 bits per heavy atom. The summed E-state index contributed by atoms with van der Waals surface area (Å²) in [6.07, 6.45) is 1.51. The van der Waals surface area contributed by atoms with Gasteiger partial charge in [0.15, 0.2) is 0 Å². The first kappa shape index (κ1) is 29.4. The van der Waals surface area contributed by atoms with Gasteiger partial charge in [-0.05, 0) is 55.5 Å². The fraction of sp³-hybridized carbons (Fsp3) is 0.200. The van der Waals surface area contributed by atoms with Gasteiger partial charge in [0, 0.05) is 49.1 Å². The van der Waals surface area contributed by atoms with Crippen LogP contribution in [0.5, 0.6) is 5.75 Å². The standard InChI is InChI=1S/C35H32N4O6/c1-22-8-10-23(11-9-22)33(41)37-20-25-12-14-28(45-25)26-13-15-29(44-2)30-27(21-36-31(26)30)32(40)35(43)39-18-16-38(17-19-39)34(42)24-6-4-3-5-7-24/h3-15,21,36H,16-20H2,1-2H3,(H,37,41). The molecule has 1 aliphatic rings. The van der Waals surface area contributed by atoms with Gasteiger partial charge in [-0.1, -0.05) is 35.9 Å². The molecule has 2 N–H and O–H groups in total. The summed E-state index contributed by atoms with van der Waals surface area (Å²) in [6, 6.07) is 23.4. The minimum Gasteiger partial charge on any atom is -0.496 e. The van der Waals surface area contributed by atoms with E-state index in [9.17, 15) is 19.2 Å². The van der Waals surface area contributed by atoms with Crippen LogP contribution < -0.4 is 10.1 Å². The number of aromatic nitrogens is 1. The Balaban J connectivity index is 1.17. The highest BCUT2D eigenvalue weighted by Gasteiger charge is 2.31. The van der Waals surface area contributed by atoms with E-state index in [1.54, 1.807) is 47.4 Å². The number of Topliss-reactive ketones (excluding diaryl/α,β-unsaturated/α-hetero) is 1. The van der Waals surface area contributed by atoms with Crippen LogP contribution in [0.1, 0.15) is 42.4 Å². The molecule has 1 aliphatic heterocycles. The monoisotopic (exact) mass is 604 g/mol. The van der Waals surface area contributed by atoms with Crippen molar-refractivity contribution >= 4 is 34.4 Å². The van der Waals surface area contributed by atoms with E-state index in [0.29, 0.717) is 58.0 Å². The van der Waals surface area contributed by atoms with Crippen molar-refractivity contribution < 1.29 is 28.3 Å². The lowest BCUT2D eigenvalue weighted by molar-refractivity contribution is -0.127. The highest BCUT2D eigenvalue weighted by atomic mass is 16.5. The summed E-state index contributed by atoms with van der Waals surface area (Å²) in [7, 11) is 1.50. The van der Waals surface area contributed by atoms with Crippen molar-refractivity contribution in [2.75, 3.05) is 33.3 Å². The molecule has 6 rings (SSSR count). The number of furan rings is 1. The summed E-state index contributed by atoms with van der Waals surface area (Å²) in [5.41, 5.74) is 3.65. The van der Waals surface area contributed by atoms with Crippen LogP contribution in [0.3, 0.4) is 0 Å². The number of rotatable bonds is 8.